The Labute approximate surface area is 114 Å². The molecule has 2 rings (SSSR count). The van der Waals surface area contributed by atoms with Crippen molar-refractivity contribution in [3.8, 4) is 0 Å². The molecule has 0 N–H and O–H groups in total. The highest BCUT2D eigenvalue weighted by molar-refractivity contribution is 5.90. The molecule has 102 valence electrons. The molecule has 1 heterocycles. The number of benzene rings is 1. The van der Waals surface area contributed by atoms with Gasteiger partial charge in [0.15, 0.2) is 0 Å². The van der Waals surface area contributed by atoms with Gasteiger partial charge in [0, 0.05) is 5.57 Å². The van der Waals surface area contributed by atoms with Gasteiger partial charge in [-0.25, -0.2) is 4.79 Å². The minimum atomic E-state index is -0.232. The Kier molecular flexibility index (Phi) is 4.74. The van der Waals surface area contributed by atoms with E-state index in [1.807, 2.05) is 36.4 Å². The summed E-state index contributed by atoms with van der Waals surface area (Å²) in [7, 11) is 0. The summed E-state index contributed by atoms with van der Waals surface area (Å²) in [4.78, 5) is 11.6. The molecule has 0 spiro atoms. The first-order valence-electron chi connectivity index (χ1n) is 6.68. The molecule has 0 fully saturated rings. The van der Waals surface area contributed by atoms with Crippen LogP contribution in [0.5, 0.6) is 0 Å². The Morgan fingerprint density at radius 1 is 1.26 bits per heavy atom. The average Bonchev–Trinajstić information content (AvgIpc) is 2.70. The van der Waals surface area contributed by atoms with Crippen molar-refractivity contribution in [3.63, 3.8) is 0 Å². The Morgan fingerprint density at radius 3 is 2.68 bits per heavy atom. The highest BCUT2D eigenvalue weighted by Crippen LogP contribution is 2.21. The molecule has 0 amide bonds. The van der Waals surface area contributed by atoms with Crippen molar-refractivity contribution in [2.75, 3.05) is 6.61 Å². The molecule has 0 aliphatic carbocycles. The molecule has 1 aliphatic rings. The number of hydrogen-bond acceptors (Lipinski definition) is 3. The molecule has 1 aromatic carbocycles. The molecule has 3 nitrogen and oxygen atoms in total. The van der Waals surface area contributed by atoms with E-state index in [2.05, 4.69) is 13.8 Å². The van der Waals surface area contributed by atoms with Crippen molar-refractivity contribution >= 4 is 5.97 Å². The molecular formula is C16H20O3. The smallest absolute Gasteiger partial charge is 0.334 e. The van der Waals surface area contributed by atoms with Crippen molar-refractivity contribution in [3.05, 3.63) is 47.5 Å². The van der Waals surface area contributed by atoms with Crippen LogP contribution in [0.25, 0.3) is 0 Å². The summed E-state index contributed by atoms with van der Waals surface area (Å²) in [5.41, 5.74) is 1.90. The molecule has 1 atom stereocenters. The van der Waals surface area contributed by atoms with Crippen molar-refractivity contribution in [1.82, 2.24) is 0 Å². The fraction of sp³-hybridized carbons (Fsp3) is 0.438. The van der Waals surface area contributed by atoms with Crippen molar-refractivity contribution in [2.45, 2.75) is 33.0 Å². The van der Waals surface area contributed by atoms with Crippen molar-refractivity contribution in [2.24, 2.45) is 5.92 Å². The van der Waals surface area contributed by atoms with Gasteiger partial charge in [-0.05, 0) is 24.0 Å². The Hall–Kier alpha value is -1.61. The second-order valence-electron chi connectivity index (χ2n) is 5.23. The number of hydrogen-bond donors (Lipinski definition) is 0. The summed E-state index contributed by atoms with van der Waals surface area (Å²) in [5, 5.41) is 0. The van der Waals surface area contributed by atoms with Crippen LogP contribution in [-0.4, -0.2) is 18.7 Å². The third-order valence-corrected chi connectivity index (χ3v) is 2.93. The predicted molar refractivity (Wildman–Crippen MR) is 73.5 cm³/mol. The molecule has 0 unspecified atom stereocenters. The zero-order chi connectivity index (χ0) is 13.7. The first kappa shape index (κ1) is 13.8. The molecule has 1 aromatic rings. The van der Waals surface area contributed by atoms with E-state index in [9.17, 15) is 4.79 Å². The fourth-order valence-electron chi connectivity index (χ4n) is 2.08. The van der Waals surface area contributed by atoms with Gasteiger partial charge >= 0.3 is 5.97 Å². The van der Waals surface area contributed by atoms with Crippen LogP contribution in [-0.2, 0) is 20.9 Å². The number of cyclic esters (lactones) is 1. The van der Waals surface area contributed by atoms with Crippen LogP contribution >= 0.6 is 0 Å². The largest absolute Gasteiger partial charge is 0.452 e. The van der Waals surface area contributed by atoms with Crippen LogP contribution in [0.1, 0.15) is 25.8 Å². The second-order valence-corrected chi connectivity index (χ2v) is 5.23. The normalized spacial score (nSPS) is 18.6. The highest BCUT2D eigenvalue weighted by atomic mass is 16.6. The topological polar surface area (TPSA) is 35.5 Å². The minimum Gasteiger partial charge on any atom is -0.452 e. The number of carbonyl (C=O) groups excluding carboxylic acids is 1. The second kappa shape index (κ2) is 6.53. The summed E-state index contributed by atoms with van der Waals surface area (Å²) in [6, 6.07) is 9.97. The Morgan fingerprint density at radius 2 is 2.00 bits per heavy atom. The molecule has 0 aromatic heterocycles. The molecule has 3 heteroatoms. The highest BCUT2D eigenvalue weighted by Gasteiger charge is 2.25. The first-order valence-corrected chi connectivity index (χ1v) is 6.68. The maximum absolute atomic E-state index is 11.6. The van der Waals surface area contributed by atoms with E-state index in [4.69, 9.17) is 9.47 Å². The quantitative estimate of drug-likeness (QED) is 0.737. The third kappa shape index (κ3) is 4.21. The van der Waals surface area contributed by atoms with E-state index < -0.39 is 0 Å². The zero-order valence-electron chi connectivity index (χ0n) is 11.5. The van der Waals surface area contributed by atoms with Gasteiger partial charge in [0.1, 0.15) is 6.10 Å². The van der Waals surface area contributed by atoms with Crippen LogP contribution in [0, 0.1) is 5.92 Å². The van der Waals surface area contributed by atoms with Gasteiger partial charge in [0.2, 0.25) is 0 Å². The van der Waals surface area contributed by atoms with Crippen LogP contribution in [0.2, 0.25) is 0 Å². The number of rotatable bonds is 6. The predicted octanol–water partition coefficient (Wildman–Crippen LogP) is 3.10. The monoisotopic (exact) mass is 260 g/mol. The summed E-state index contributed by atoms with van der Waals surface area (Å²) >= 11 is 0. The SMILES string of the molecule is CC(C)CC1=C[C@H](COCc2ccccc2)OC1=O. The van der Waals surface area contributed by atoms with Gasteiger partial charge in [-0.15, -0.1) is 0 Å². The standard InChI is InChI=1S/C16H20O3/c1-12(2)8-14-9-15(19-16(14)17)11-18-10-13-6-4-3-5-7-13/h3-7,9,12,15H,8,10-11H2,1-2H3/t15-/m1/s1. The van der Waals surface area contributed by atoms with Crippen LogP contribution < -0.4 is 0 Å². The summed E-state index contributed by atoms with van der Waals surface area (Å²) in [6.07, 6.45) is 2.44. The molecule has 0 saturated carbocycles. The lowest BCUT2D eigenvalue weighted by atomic mass is 10.0. The Bertz CT molecular complexity index is 448. The summed E-state index contributed by atoms with van der Waals surface area (Å²) in [5.74, 6) is 0.268. The van der Waals surface area contributed by atoms with Crippen LogP contribution in [0.3, 0.4) is 0 Å². The van der Waals surface area contributed by atoms with E-state index in [1.54, 1.807) is 0 Å². The van der Waals surface area contributed by atoms with E-state index in [1.165, 1.54) is 0 Å². The van der Waals surface area contributed by atoms with Gasteiger partial charge in [-0.3, -0.25) is 0 Å². The van der Waals surface area contributed by atoms with Gasteiger partial charge < -0.3 is 9.47 Å². The van der Waals surface area contributed by atoms with E-state index in [0.717, 1.165) is 17.6 Å². The molecular weight excluding hydrogens is 240 g/mol. The van der Waals surface area contributed by atoms with Crippen LogP contribution in [0.4, 0.5) is 0 Å². The third-order valence-electron chi connectivity index (χ3n) is 2.93. The number of carbonyl (C=O) groups is 1. The maximum atomic E-state index is 11.6. The van der Waals surface area contributed by atoms with Gasteiger partial charge in [-0.2, -0.15) is 0 Å². The Balaban J connectivity index is 1.78. The minimum absolute atomic E-state index is 0.193. The fourth-order valence-corrected chi connectivity index (χ4v) is 2.08. The first-order chi connectivity index (χ1) is 9.15. The lowest BCUT2D eigenvalue weighted by molar-refractivity contribution is -0.142. The van der Waals surface area contributed by atoms with Crippen molar-refractivity contribution in [1.29, 1.82) is 0 Å². The van der Waals surface area contributed by atoms with E-state index in [-0.39, 0.29) is 12.1 Å². The summed E-state index contributed by atoms with van der Waals surface area (Å²) in [6.45, 7) is 5.14. The van der Waals surface area contributed by atoms with Gasteiger partial charge in [0.05, 0.1) is 13.2 Å². The van der Waals surface area contributed by atoms with E-state index >= 15 is 0 Å². The summed E-state index contributed by atoms with van der Waals surface area (Å²) < 4.78 is 10.8. The maximum Gasteiger partial charge on any atom is 0.334 e. The molecule has 0 radical (unpaired) electrons. The average molecular weight is 260 g/mol. The van der Waals surface area contributed by atoms with E-state index in [0.29, 0.717) is 19.1 Å². The van der Waals surface area contributed by atoms with Gasteiger partial charge in [0.25, 0.3) is 0 Å². The van der Waals surface area contributed by atoms with Gasteiger partial charge in [-0.1, -0.05) is 44.2 Å². The molecule has 19 heavy (non-hydrogen) atoms. The lowest BCUT2D eigenvalue weighted by Crippen LogP contribution is -2.15. The van der Waals surface area contributed by atoms with Crippen LogP contribution in [0.15, 0.2) is 42.0 Å². The number of esters is 1. The molecule has 0 saturated heterocycles. The zero-order valence-corrected chi connectivity index (χ0v) is 11.5. The molecule has 0 bridgehead atoms. The number of ether oxygens (including phenoxy) is 2. The lowest BCUT2D eigenvalue weighted by Gasteiger charge is -2.09. The molecule has 1 aliphatic heterocycles. The van der Waals surface area contributed by atoms with Crippen molar-refractivity contribution < 1.29 is 14.3 Å².